The highest BCUT2D eigenvalue weighted by molar-refractivity contribution is 14.0. The molecule has 0 fully saturated rings. The normalized spacial score (nSPS) is 11.1. The van der Waals surface area contributed by atoms with Gasteiger partial charge in [-0.15, -0.1) is 24.0 Å². The molecule has 2 rings (SSSR count). The second kappa shape index (κ2) is 12.7. The Hall–Kier alpha value is -1.61. The topological polar surface area (TPSA) is 58.8 Å². The first-order valence-electron chi connectivity index (χ1n) is 8.47. The number of aliphatic imine (C=N–C) groups is 1. The lowest BCUT2D eigenvalue weighted by molar-refractivity contribution is 0.208. The van der Waals surface area contributed by atoms with Crippen LogP contribution in [0.5, 0.6) is 0 Å². The molecule has 7 heteroatoms. The van der Waals surface area contributed by atoms with E-state index < -0.39 is 0 Å². The Kier molecular flexibility index (Phi) is 11.0. The smallest absolute Gasteiger partial charge is 0.191 e. The molecule has 5 nitrogen and oxygen atoms in total. The summed E-state index contributed by atoms with van der Waals surface area (Å²) in [6, 6.07) is 8.72. The van der Waals surface area contributed by atoms with E-state index in [1.54, 1.807) is 19.4 Å². The maximum absolute atomic E-state index is 13.2. The summed E-state index contributed by atoms with van der Waals surface area (Å²) in [5.74, 6) is 1.48. The summed E-state index contributed by atoms with van der Waals surface area (Å²) in [5.41, 5.74) is 2.09. The second-order valence-electron chi connectivity index (χ2n) is 5.73. The van der Waals surface area contributed by atoms with Crippen molar-refractivity contribution in [2.24, 2.45) is 4.99 Å². The summed E-state index contributed by atoms with van der Waals surface area (Å²) >= 11 is 0. The van der Waals surface area contributed by atoms with Gasteiger partial charge < -0.3 is 19.8 Å². The molecule has 0 aliphatic heterocycles. The van der Waals surface area contributed by atoms with E-state index in [-0.39, 0.29) is 29.8 Å². The zero-order valence-electron chi connectivity index (χ0n) is 15.3. The molecule has 0 radical (unpaired) electrons. The van der Waals surface area contributed by atoms with E-state index >= 15 is 0 Å². The lowest BCUT2D eigenvalue weighted by Crippen LogP contribution is -2.39. The third-order valence-corrected chi connectivity index (χ3v) is 3.80. The number of halogens is 2. The second-order valence-corrected chi connectivity index (χ2v) is 5.73. The van der Waals surface area contributed by atoms with Gasteiger partial charge in [0.15, 0.2) is 5.96 Å². The molecule has 0 atom stereocenters. The summed E-state index contributed by atoms with van der Waals surface area (Å²) in [6.45, 7) is 4.52. The van der Waals surface area contributed by atoms with E-state index in [2.05, 4.69) is 15.6 Å². The molecular formula is C19H27FIN3O2. The van der Waals surface area contributed by atoms with Crippen molar-refractivity contribution in [3.8, 4) is 0 Å². The molecule has 2 N–H and O–H groups in total. The Balaban J connectivity index is 0.00000338. The number of methoxy groups -OCH3 is 1. The van der Waals surface area contributed by atoms with Crippen LogP contribution in [-0.4, -0.2) is 39.3 Å². The third kappa shape index (κ3) is 8.18. The Morgan fingerprint density at radius 2 is 1.96 bits per heavy atom. The highest BCUT2D eigenvalue weighted by Gasteiger charge is 2.03. The van der Waals surface area contributed by atoms with Crippen molar-refractivity contribution in [3.63, 3.8) is 0 Å². The number of benzene rings is 1. The highest BCUT2D eigenvalue weighted by atomic mass is 127. The van der Waals surface area contributed by atoms with E-state index in [9.17, 15) is 4.39 Å². The minimum atomic E-state index is -0.199. The number of ether oxygens (including phenoxy) is 1. The van der Waals surface area contributed by atoms with Crippen LogP contribution >= 0.6 is 24.0 Å². The molecule has 0 aliphatic carbocycles. The van der Waals surface area contributed by atoms with Gasteiger partial charge in [0.2, 0.25) is 0 Å². The number of rotatable bonds is 9. The van der Waals surface area contributed by atoms with Gasteiger partial charge >= 0.3 is 0 Å². The zero-order chi connectivity index (χ0) is 17.9. The maximum Gasteiger partial charge on any atom is 0.191 e. The van der Waals surface area contributed by atoms with Crippen LogP contribution in [0.2, 0.25) is 0 Å². The number of furan rings is 1. The van der Waals surface area contributed by atoms with Gasteiger partial charge in [-0.1, -0.05) is 6.07 Å². The van der Waals surface area contributed by atoms with Crippen LogP contribution in [0.4, 0.5) is 4.39 Å². The van der Waals surface area contributed by atoms with Crippen molar-refractivity contribution in [3.05, 3.63) is 59.3 Å². The van der Waals surface area contributed by atoms with E-state index in [4.69, 9.17) is 9.15 Å². The molecule has 0 unspecified atom stereocenters. The van der Waals surface area contributed by atoms with Gasteiger partial charge in [0.05, 0.1) is 19.4 Å². The van der Waals surface area contributed by atoms with Gasteiger partial charge in [0, 0.05) is 26.6 Å². The number of hydrogen-bond donors (Lipinski definition) is 2. The number of aryl methyl sites for hydroxylation is 1. The molecule has 144 valence electrons. The van der Waals surface area contributed by atoms with Crippen LogP contribution in [0.25, 0.3) is 0 Å². The maximum atomic E-state index is 13.2. The van der Waals surface area contributed by atoms with Crippen molar-refractivity contribution in [2.75, 3.05) is 33.4 Å². The van der Waals surface area contributed by atoms with Gasteiger partial charge in [0.25, 0.3) is 0 Å². The Labute approximate surface area is 171 Å². The molecule has 1 aromatic heterocycles. The van der Waals surface area contributed by atoms with Gasteiger partial charge in [-0.2, -0.15) is 0 Å². The Bertz CT molecular complexity index is 663. The largest absolute Gasteiger partial charge is 0.469 e. The SMILES string of the molecule is COCCN=C(NCCc1ccco1)NCCc1ccc(F)cc1C.I. The van der Waals surface area contributed by atoms with E-state index in [1.165, 1.54) is 6.07 Å². The minimum absolute atomic E-state index is 0. The summed E-state index contributed by atoms with van der Waals surface area (Å²) < 4.78 is 23.5. The third-order valence-electron chi connectivity index (χ3n) is 3.80. The molecule has 0 amide bonds. The molecule has 0 saturated heterocycles. The van der Waals surface area contributed by atoms with Gasteiger partial charge in [-0.05, 0) is 48.7 Å². The molecule has 1 heterocycles. The predicted octanol–water partition coefficient (Wildman–Crippen LogP) is 3.31. The standard InChI is InChI=1S/C19H26FN3O2.HI/c1-15-14-17(20)6-5-16(15)7-9-21-19(23-11-13-24-2)22-10-8-18-4-3-12-25-18;/h3-6,12,14H,7-11,13H2,1-2H3,(H2,21,22,23);1H. The van der Waals surface area contributed by atoms with Crippen LogP contribution in [0.3, 0.4) is 0 Å². The van der Waals surface area contributed by atoms with Crippen LogP contribution in [0.1, 0.15) is 16.9 Å². The molecule has 0 bridgehead atoms. The average Bonchev–Trinajstić information content (AvgIpc) is 3.10. The van der Waals surface area contributed by atoms with Gasteiger partial charge in [-0.3, -0.25) is 4.99 Å². The summed E-state index contributed by atoms with van der Waals surface area (Å²) in [5, 5.41) is 6.60. The first-order valence-corrected chi connectivity index (χ1v) is 8.47. The summed E-state index contributed by atoms with van der Waals surface area (Å²) in [6.07, 6.45) is 3.26. The Morgan fingerprint density at radius 3 is 2.62 bits per heavy atom. The molecule has 1 aromatic carbocycles. The number of nitrogens with zero attached hydrogens (tertiary/aromatic N) is 1. The fourth-order valence-corrected chi connectivity index (χ4v) is 2.44. The average molecular weight is 475 g/mol. The van der Waals surface area contributed by atoms with Crippen LogP contribution < -0.4 is 10.6 Å². The van der Waals surface area contributed by atoms with Crippen LogP contribution in [0.15, 0.2) is 46.0 Å². The molecule has 26 heavy (non-hydrogen) atoms. The lowest BCUT2D eigenvalue weighted by Gasteiger charge is -2.13. The predicted molar refractivity (Wildman–Crippen MR) is 113 cm³/mol. The van der Waals surface area contributed by atoms with Gasteiger partial charge in [0.1, 0.15) is 11.6 Å². The molecule has 0 aliphatic rings. The minimum Gasteiger partial charge on any atom is -0.469 e. The molecule has 0 spiro atoms. The first-order chi connectivity index (χ1) is 12.2. The van der Waals surface area contributed by atoms with Crippen molar-refractivity contribution in [1.29, 1.82) is 0 Å². The van der Waals surface area contributed by atoms with Gasteiger partial charge in [-0.25, -0.2) is 4.39 Å². The fourth-order valence-electron chi connectivity index (χ4n) is 2.44. The Morgan fingerprint density at radius 1 is 1.19 bits per heavy atom. The summed E-state index contributed by atoms with van der Waals surface area (Å²) in [4.78, 5) is 4.48. The monoisotopic (exact) mass is 475 g/mol. The number of hydrogen-bond acceptors (Lipinski definition) is 3. The number of nitrogens with one attached hydrogen (secondary N) is 2. The lowest BCUT2D eigenvalue weighted by atomic mass is 10.1. The van der Waals surface area contributed by atoms with Crippen molar-refractivity contribution in [2.45, 2.75) is 19.8 Å². The molecule has 2 aromatic rings. The molecular weight excluding hydrogens is 448 g/mol. The molecule has 0 saturated carbocycles. The van der Waals surface area contributed by atoms with E-state index in [1.807, 2.05) is 25.1 Å². The van der Waals surface area contributed by atoms with E-state index in [0.29, 0.717) is 19.7 Å². The first kappa shape index (κ1) is 22.4. The van der Waals surface area contributed by atoms with Crippen LogP contribution in [-0.2, 0) is 17.6 Å². The van der Waals surface area contributed by atoms with Crippen LogP contribution in [0, 0.1) is 12.7 Å². The zero-order valence-corrected chi connectivity index (χ0v) is 17.6. The number of guanidine groups is 1. The fraction of sp³-hybridized carbons (Fsp3) is 0.421. The van der Waals surface area contributed by atoms with Crippen molar-refractivity contribution < 1.29 is 13.5 Å². The summed E-state index contributed by atoms with van der Waals surface area (Å²) in [7, 11) is 1.66. The van der Waals surface area contributed by atoms with Crippen molar-refractivity contribution in [1.82, 2.24) is 10.6 Å². The van der Waals surface area contributed by atoms with E-state index in [0.717, 1.165) is 42.2 Å². The highest BCUT2D eigenvalue weighted by Crippen LogP contribution is 2.10. The quantitative estimate of drug-likeness (QED) is 0.253. The van der Waals surface area contributed by atoms with Crippen molar-refractivity contribution >= 4 is 29.9 Å².